The Bertz CT molecular complexity index is 768. The summed E-state index contributed by atoms with van der Waals surface area (Å²) in [7, 11) is 0. The van der Waals surface area contributed by atoms with Gasteiger partial charge in [-0.25, -0.2) is 0 Å². The molecule has 0 saturated heterocycles. The average molecular weight is 673 g/mol. The van der Waals surface area contributed by atoms with Crippen LogP contribution in [-0.4, -0.2) is 23.1 Å². The number of hydrogen-bond acceptors (Lipinski definition) is 3. The molecule has 0 heterocycles. The van der Waals surface area contributed by atoms with Crippen molar-refractivity contribution < 1.29 is 19.4 Å². The maximum Gasteiger partial charge on any atom is 0.306 e. The summed E-state index contributed by atoms with van der Waals surface area (Å²) in [5.41, 5.74) is 0. The van der Waals surface area contributed by atoms with Crippen molar-refractivity contribution in [3.8, 4) is 0 Å². The number of carboxylic acids is 1. The molecule has 1 atom stereocenters. The van der Waals surface area contributed by atoms with Gasteiger partial charge in [0.15, 0.2) is 0 Å². The first-order valence-electron chi connectivity index (χ1n) is 21.0. The van der Waals surface area contributed by atoms with Crippen molar-refractivity contribution in [3.05, 3.63) is 36.5 Å². The van der Waals surface area contributed by atoms with E-state index in [1.165, 1.54) is 128 Å². The molecule has 0 aliphatic rings. The summed E-state index contributed by atoms with van der Waals surface area (Å²) in [4.78, 5) is 23.3. The third-order valence-electron chi connectivity index (χ3n) is 9.32. The first-order chi connectivity index (χ1) is 23.6. The minimum absolute atomic E-state index is 0.0553. The molecule has 0 spiro atoms. The van der Waals surface area contributed by atoms with Crippen molar-refractivity contribution in [1.29, 1.82) is 0 Å². The van der Waals surface area contributed by atoms with Crippen LogP contribution in [0.2, 0.25) is 0 Å². The summed E-state index contributed by atoms with van der Waals surface area (Å²) in [6.45, 7) is 4.52. The Kier molecular flexibility index (Phi) is 38.1. The van der Waals surface area contributed by atoms with Crippen LogP contribution in [0.4, 0.5) is 0 Å². The second-order valence-corrected chi connectivity index (χ2v) is 14.2. The molecule has 280 valence electrons. The smallest absolute Gasteiger partial charge is 0.306 e. The number of ether oxygens (including phenoxy) is 1. The predicted molar refractivity (Wildman–Crippen MR) is 209 cm³/mol. The van der Waals surface area contributed by atoms with Gasteiger partial charge >= 0.3 is 11.9 Å². The Balaban J connectivity index is 3.92. The van der Waals surface area contributed by atoms with Crippen LogP contribution in [0.15, 0.2) is 36.5 Å². The van der Waals surface area contributed by atoms with Gasteiger partial charge in [0.25, 0.3) is 0 Å². The number of esters is 1. The topological polar surface area (TPSA) is 63.6 Å². The van der Waals surface area contributed by atoms with Crippen molar-refractivity contribution in [2.75, 3.05) is 0 Å². The average Bonchev–Trinajstić information content (AvgIpc) is 3.07. The van der Waals surface area contributed by atoms with Crippen LogP contribution >= 0.6 is 0 Å². The highest BCUT2D eigenvalue weighted by atomic mass is 16.5. The van der Waals surface area contributed by atoms with Gasteiger partial charge in [0, 0.05) is 12.8 Å². The molecule has 0 rings (SSSR count). The normalized spacial score (nSPS) is 12.5. The van der Waals surface area contributed by atoms with Crippen molar-refractivity contribution >= 4 is 11.9 Å². The molecule has 0 fully saturated rings. The van der Waals surface area contributed by atoms with E-state index in [4.69, 9.17) is 9.84 Å². The van der Waals surface area contributed by atoms with E-state index in [0.29, 0.717) is 6.42 Å². The number of rotatable bonds is 38. The lowest BCUT2D eigenvalue weighted by Gasteiger charge is -2.14. The monoisotopic (exact) mass is 673 g/mol. The molecule has 0 aliphatic heterocycles. The first-order valence-corrected chi connectivity index (χ1v) is 21.0. The zero-order chi connectivity index (χ0) is 35.0. The van der Waals surface area contributed by atoms with E-state index in [-0.39, 0.29) is 18.5 Å². The molecule has 1 unspecified atom stereocenters. The number of carboxylic acid groups (broad SMARTS) is 1. The van der Waals surface area contributed by atoms with Crippen LogP contribution in [0.1, 0.15) is 226 Å². The van der Waals surface area contributed by atoms with E-state index in [1.54, 1.807) is 0 Å². The molecule has 0 aromatic heterocycles. The highest BCUT2D eigenvalue weighted by Gasteiger charge is 2.11. The molecular weight excluding hydrogens is 592 g/mol. The van der Waals surface area contributed by atoms with Gasteiger partial charge < -0.3 is 9.84 Å². The fourth-order valence-corrected chi connectivity index (χ4v) is 6.19. The van der Waals surface area contributed by atoms with E-state index >= 15 is 0 Å². The summed E-state index contributed by atoms with van der Waals surface area (Å²) >= 11 is 0. The van der Waals surface area contributed by atoms with E-state index in [2.05, 4.69) is 50.3 Å². The molecule has 0 amide bonds. The Labute approximate surface area is 299 Å². The third-order valence-corrected chi connectivity index (χ3v) is 9.32. The highest BCUT2D eigenvalue weighted by Crippen LogP contribution is 2.16. The number of allylic oxidation sites excluding steroid dienone is 5. The van der Waals surface area contributed by atoms with Gasteiger partial charge in [-0.05, 0) is 76.7 Å². The molecule has 0 aromatic carbocycles. The van der Waals surface area contributed by atoms with E-state index in [1.807, 2.05) is 0 Å². The van der Waals surface area contributed by atoms with Gasteiger partial charge in [-0.2, -0.15) is 0 Å². The van der Waals surface area contributed by atoms with Crippen molar-refractivity contribution in [2.24, 2.45) is 0 Å². The molecule has 4 nitrogen and oxygen atoms in total. The van der Waals surface area contributed by atoms with Gasteiger partial charge in [0.05, 0.1) is 0 Å². The van der Waals surface area contributed by atoms with Gasteiger partial charge in [-0.15, -0.1) is 0 Å². The maximum absolute atomic E-state index is 12.6. The zero-order valence-corrected chi connectivity index (χ0v) is 32.0. The number of unbranched alkanes of at least 4 members (excludes halogenated alkanes) is 25. The van der Waals surface area contributed by atoms with Crippen LogP contribution in [0.3, 0.4) is 0 Å². The Hall–Kier alpha value is -1.84. The van der Waals surface area contributed by atoms with Crippen LogP contribution in [0.25, 0.3) is 0 Å². The summed E-state index contributed by atoms with van der Waals surface area (Å²) in [5.74, 6) is -0.758. The largest absolute Gasteiger partial charge is 0.481 e. The van der Waals surface area contributed by atoms with Gasteiger partial charge in [0.1, 0.15) is 6.10 Å². The van der Waals surface area contributed by atoms with Crippen molar-refractivity contribution in [2.45, 2.75) is 232 Å². The third kappa shape index (κ3) is 38.6. The lowest BCUT2D eigenvalue weighted by Crippen LogP contribution is -2.16. The zero-order valence-electron chi connectivity index (χ0n) is 32.0. The number of hydrogen-bond donors (Lipinski definition) is 1. The molecule has 0 bridgehead atoms. The maximum atomic E-state index is 12.6. The van der Waals surface area contributed by atoms with E-state index < -0.39 is 5.97 Å². The van der Waals surface area contributed by atoms with Crippen LogP contribution in [0, 0.1) is 0 Å². The predicted octanol–water partition coefficient (Wildman–Crippen LogP) is 14.6. The lowest BCUT2D eigenvalue weighted by molar-refractivity contribution is -0.147. The van der Waals surface area contributed by atoms with Gasteiger partial charge in [0.2, 0.25) is 0 Å². The minimum Gasteiger partial charge on any atom is -0.481 e. The van der Waals surface area contributed by atoms with Gasteiger partial charge in [-0.3, -0.25) is 9.59 Å². The SMILES string of the molecule is CCCCC/C=C\C/C=C\C(CCCCCCCCC(=O)O)OC(=O)CCCCCCCCCCC/C=C\CCCCCCCCCC. The molecular formula is C44H80O4. The second-order valence-electron chi connectivity index (χ2n) is 14.2. The Morgan fingerprint density at radius 3 is 1.40 bits per heavy atom. The minimum atomic E-state index is -0.703. The van der Waals surface area contributed by atoms with Crippen LogP contribution < -0.4 is 0 Å². The van der Waals surface area contributed by atoms with Gasteiger partial charge in [-0.1, -0.05) is 173 Å². The molecule has 1 N–H and O–H groups in total. The van der Waals surface area contributed by atoms with Crippen LogP contribution in [-0.2, 0) is 14.3 Å². The second kappa shape index (κ2) is 39.6. The number of carbonyl (C=O) groups is 2. The van der Waals surface area contributed by atoms with E-state index in [9.17, 15) is 9.59 Å². The molecule has 0 saturated carbocycles. The summed E-state index contributed by atoms with van der Waals surface area (Å²) < 4.78 is 5.91. The molecule has 48 heavy (non-hydrogen) atoms. The summed E-state index contributed by atoms with van der Waals surface area (Å²) in [6.07, 6.45) is 51.9. The molecule has 0 aromatic rings. The molecule has 4 heteroatoms. The lowest BCUT2D eigenvalue weighted by atomic mass is 10.0. The highest BCUT2D eigenvalue weighted by molar-refractivity contribution is 5.69. The standard InChI is InChI=1S/C44H80O4/c1-3-5-7-9-11-13-14-15-16-17-18-19-20-21-22-23-24-25-27-33-37-41-44(47)48-42(38-34-30-26-12-10-8-6-4-2)39-35-31-28-29-32-36-40-43(45)46/h12,17-18,26,34,38,42H,3-11,13-16,19-25,27-33,35-37,39-41H2,1-2H3,(H,45,46)/b18-17-,26-12-,38-34-. The van der Waals surface area contributed by atoms with Crippen molar-refractivity contribution in [1.82, 2.24) is 0 Å². The summed E-state index contributed by atoms with van der Waals surface area (Å²) in [6, 6.07) is 0. The Morgan fingerprint density at radius 2 is 0.875 bits per heavy atom. The number of carbonyl (C=O) groups excluding carboxylic acids is 1. The van der Waals surface area contributed by atoms with Crippen molar-refractivity contribution in [3.63, 3.8) is 0 Å². The Morgan fingerprint density at radius 1 is 0.479 bits per heavy atom. The quantitative estimate of drug-likeness (QED) is 0.0403. The molecule has 0 aliphatic carbocycles. The van der Waals surface area contributed by atoms with Crippen LogP contribution in [0.5, 0.6) is 0 Å². The van der Waals surface area contributed by atoms with E-state index in [0.717, 1.165) is 70.6 Å². The first kappa shape index (κ1) is 46.2. The fraction of sp³-hybridized carbons (Fsp3) is 0.818. The fourth-order valence-electron chi connectivity index (χ4n) is 6.19. The molecule has 0 radical (unpaired) electrons. The summed E-state index contributed by atoms with van der Waals surface area (Å²) in [5, 5.41) is 8.78. The number of aliphatic carboxylic acids is 1.